The fourth-order valence-electron chi connectivity index (χ4n) is 1.73. The van der Waals surface area contributed by atoms with Gasteiger partial charge in [-0.15, -0.1) is 0 Å². The van der Waals surface area contributed by atoms with Crippen molar-refractivity contribution in [3.63, 3.8) is 0 Å². The molecule has 0 amide bonds. The van der Waals surface area contributed by atoms with E-state index in [0.717, 1.165) is 6.07 Å². The molecule has 0 atom stereocenters. The van der Waals surface area contributed by atoms with Crippen molar-refractivity contribution in [1.29, 1.82) is 0 Å². The third kappa shape index (κ3) is 4.30. The Morgan fingerprint density at radius 2 is 1.92 bits per heavy atom. The van der Waals surface area contributed by atoms with Crippen molar-refractivity contribution in [3.8, 4) is 11.6 Å². The van der Waals surface area contributed by atoms with Gasteiger partial charge in [-0.1, -0.05) is 35.3 Å². The van der Waals surface area contributed by atoms with Gasteiger partial charge in [0.15, 0.2) is 15.6 Å². The van der Waals surface area contributed by atoms with E-state index in [1.807, 2.05) is 0 Å². The molecule has 0 spiro atoms. The van der Waals surface area contributed by atoms with E-state index in [0.29, 0.717) is 16.6 Å². The van der Waals surface area contributed by atoms with E-state index in [2.05, 4.69) is 14.3 Å². The van der Waals surface area contributed by atoms with Gasteiger partial charge in [0.05, 0.1) is 5.56 Å². The molecule has 0 aliphatic heterocycles. The normalized spacial score (nSPS) is 12.4. The summed E-state index contributed by atoms with van der Waals surface area (Å²) < 4.78 is 48.0. The van der Waals surface area contributed by atoms with E-state index in [1.54, 1.807) is 24.3 Å². The Kier molecular flexibility index (Phi) is 5.28. The summed E-state index contributed by atoms with van der Waals surface area (Å²) in [6, 6.07) is 7.42. The second-order valence-electron chi connectivity index (χ2n) is 4.54. The predicted octanol–water partition coefficient (Wildman–Crippen LogP) is 5.95. The van der Waals surface area contributed by atoms with Gasteiger partial charge in [-0.3, -0.25) is 0 Å². The minimum atomic E-state index is -4.54. The molecule has 2 heterocycles. The minimum absolute atomic E-state index is 0.157. The average Bonchev–Trinajstić information content (AvgIpc) is 2.95. The van der Waals surface area contributed by atoms with Crippen LogP contribution in [0.25, 0.3) is 0 Å². The Morgan fingerprint density at radius 1 is 1.16 bits per heavy atom. The molecule has 0 aliphatic rings. The van der Waals surface area contributed by atoms with Gasteiger partial charge in [0.2, 0.25) is 5.88 Å². The lowest BCUT2D eigenvalue weighted by atomic mass is 10.3. The van der Waals surface area contributed by atoms with Crippen molar-refractivity contribution in [2.45, 2.75) is 6.18 Å². The Bertz CT molecular complexity index is 972. The largest absolute Gasteiger partial charge is 0.435 e. The van der Waals surface area contributed by atoms with Gasteiger partial charge in [0.25, 0.3) is 0 Å². The summed E-state index contributed by atoms with van der Waals surface area (Å²) in [6.45, 7) is 0. The van der Waals surface area contributed by atoms with Crippen LogP contribution in [0, 0.1) is 0 Å². The van der Waals surface area contributed by atoms with Crippen LogP contribution in [-0.4, -0.2) is 9.36 Å². The van der Waals surface area contributed by atoms with Crippen LogP contribution in [0.5, 0.6) is 11.6 Å². The lowest BCUT2D eigenvalue weighted by Crippen LogP contribution is -2.05. The molecule has 2 aromatic heterocycles. The van der Waals surface area contributed by atoms with Gasteiger partial charge >= 0.3 is 6.18 Å². The first-order valence-corrected chi connectivity index (χ1v) is 9.37. The van der Waals surface area contributed by atoms with Crippen molar-refractivity contribution in [2.75, 3.05) is 0 Å². The number of halogens is 5. The zero-order valence-electron chi connectivity index (χ0n) is 11.9. The Hall–Kier alpha value is -1.68. The molecule has 4 nitrogen and oxygen atoms in total. The molecular weight excluding hydrogens is 418 g/mol. The van der Waals surface area contributed by atoms with E-state index < -0.39 is 11.7 Å². The Balaban J connectivity index is 1.96. The highest BCUT2D eigenvalue weighted by Gasteiger charge is 2.31. The van der Waals surface area contributed by atoms with E-state index >= 15 is 0 Å². The smallest absolute Gasteiger partial charge is 0.417 e. The zero-order chi connectivity index (χ0) is 18.0. The molecule has 0 fully saturated rings. The first kappa shape index (κ1) is 18.1. The molecule has 0 aliphatic carbocycles. The maximum Gasteiger partial charge on any atom is 0.417 e. The summed E-state index contributed by atoms with van der Waals surface area (Å²) in [4.78, 5) is 7.99. The number of alkyl halides is 3. The van der Waals surface area contributed by atoms with Crippen LogP contribution in [-0.2, 0) is 6.18 Å². The minimum Gasteiger partial charge on any atom is -0.435 e. The van der Waals surface area contributed by atoms with Gasteiger partial charge in [-0.25, -0.2) is 9.98 Å². The summed E-state index contributed by atoms with van der Waals surface area (Å²) in [5.74, 6) is 0.113. The molecule has 3 rings (SSSR count). The maximum atomic E-state index is 12.7. The molecule has 130 valence electrons. The van der Waals surface area contributed by atoms with Gasteiger partial charge in [0, 0.05) is 16.7 Å². The maximum absolute atomic E-state index is 12.7. The monoisotopic (exact) mass is 423 g/mol. The SMILES string of the molecule is FC(F)(F)c1cnc(Oc2ccccc2N=c2ssnc2Cl)c(Cl)c1. The van der Waals surface area contributed by atoms with E-state index in [-0.39, 0.29) is 21.8 Å². The quantitative estimate of drug-likeness (QED) is 0.489. The molecule has 25 heavy (non-hydrogen) atoms. The number of para-hydroxylation sites is 2. The van der Waals surface area contributed by atoms with Crippen molar-refractivity contribution < 1.29 is 17.9 Å². The molecular formula is C14H6Cl2F3N3OS2. The fourth-order valence-corrected chi connectivity index (χ4v) is 3.92. The highest BCUT2D eigenvalue weighted by Crippen LogP contribution is 2.37. The van der Waals surface area contributed by atoms with Crippen LogP contribution in [0.4, 0.5) is 18.9 Å². The van der Waals surface area contributed by atoms with Crippen LogP contribution < -0.4 is 9.41 Å². The molecule has 0 bridgehead atoms. The number of rotatable bonds is 3. The zero-order valence-corrected chi connectivity index (χ0v) is 15.1. The summed E-state index contributed by atoms with van der Waals surface area (Å²) in [7, 11) is 2.46. The van der Waals surface area contributed by atoms with E-state index in [9.17, 15) is 13.2 Å². The summed E-state index contributed by atoms with van der Waals surface area (Å²) in [5.41, 5.74) is -0.542. The van der Waals surface area contributed by atoms with Gasteiger partial charge in [-0.2, -0.15) is 17.5 Å². The standard InChI is InChI=1S/C14H6Cl2F3N3OS2/c15-8-5-7(14(17,18)19)6-20-12(8)23-10-4-2-1-3-9(10)21-13-11(16)22-25-24-13/h1-6H. The third-order valence-electron chi connectivity index (χ3n) is 2.84. The number of pyridine rings is 1. The third-order valence-corrected chi connectivity index (χ3v) is 5.28. The molecule has 1 aromatic carbocycles. The van der Waals surface area contributed by atoms with E-state index in [1.165, 1.54) is 20.9 Å². The van der Waals surface area contributed by atoms with Crippen LogP contribution >= 0.6 is 44.1 Å². The van der Waals surface area contributed by atoms with Crippen LogP contribution in [0.15, 0.2) is 41.5 Å². The number of ether oxygens (including phenoxy) is 1. The molecule has 0 saturated heterocycles. The molecule has 11 heteroatoms. The molecule has 3 aromatic rings. The lowest BCUT2D eigenvalue weighted by Gasteiger charge is -2.11. The van der Waals surface area contributed by atoms with Crippen LogP contribution in [0.1, 0.15) is 5.56 Å². The van der Waals surface area contributed by atoms with Crippen molar-refractivity contribution >= 4 is 49.8 Å². The summed E-state index contributed by atoms with van der Waals surface area (Å²) in [5, 5.41) is -0.00170. The lowest BCUT2D eigenvalue weighted by molar-refractivity contribution is -0.137. The van der Waals surface area contributed by atoms with Crippen LogP contribution in [0.3, 0.4) is 0 Å². The van der Waals surface area contributed by atoms with Gasteiger partial charge in [0.1, 0.15) is 10.7 Å². The highest BCUT2D eigenvalue weighted by atomic mass is 35.5. The number of hydrogen-bond donors (Lipinski definition) is 0. The van der Waals surface area contributed by atoms with Crippen LogP contribution in [0.2, 0.25) is 10.2 Å². The number of benzene rings is 1. The van der Waals surface area contributed by atoms with Gasteiger partial charge in [-0.05, 0) is 28.5 Å². The summed E-state index contributed by atoms with van der Waals surface area (Å²) in [6.07, 6.45) is -3.88. The average molecular weight is 424 g/mol. The molecule has 0 unspecified atom stereocenters. The van der Waals surface area contributed by atoms with Crippen molar-refractivity contribution in [3.05, 3.63) is 56.9 Å². The number of hydrogen-bond acceptors (Lipinski definition) is 6. The topological polar surface area (TPSA) is 47.4 Å². The fraction of sp³-hybridized carbons (Fsp3) is 0.0714. The van der Waals surface area contributed by atoms with E-state index in [4.69, 9.17) is 27.9 Å². The van der Waals surface area contributed by atoms with Crippen molar-refractivity contribution in [2.24, 2.45) is 4.99 Å². The summed E-state index contributed by atoms with van der Waals surface area (Å²) >= 11 is 11.8. The first-order chi connectivity index (χ1) is 11.8. The molecule has 0 saturated carbocycles. The number of aromatic nitrogens is 2. The molecule has 0 radical (unpaired) electrons. The Labute approximate surface area is 156 Å². The van der Waals surface area contributed by atoms with Gasteiger partial charge < -0.3 is 4.74 Å². The van der Waals surface area contributed by atoms with Crippen molar-refractivity contribution in [1.82, 2.24) is 9.36 Å². The highest BCUT2D eigenvalue weighted by molar-refractivity contribution is 7.66. The second kappa shape index (κ2) is 7.28. The first-order valence-electron chi connectivity index (χ1n) is 6.50. The Morgan fingerprint density at radius 3 is 2.56 bits per heavy atom. The number of nitrogens with zero attached hydrogens (tertiary/aromatic N) is 3. The molecule has 0 N–H and O–H groups in total. The predicted molar refractivity (Wildman–Crippen MR) is 91.0 cm³/mol. The second-order valence-corrected chi connectivity index (χ2v) is 7.13.